The maximum Gasteiger partial charge on any atom is 0.350 e. The van der Waals surface area contributed by atoms with E-state index in [2.05, 4.69) is 0 Å². The molecule has 0 spiro atoms. The van der Waals surface area contributed by atoms with Crippen LogP contribution in [0.5, 0.6) is 0 Å². The van der Waals surface area contributed by atoms with Crippen LogP contribution in [0.15, 0.2) is 0 Å². The summed E-state index contributed by atoms with van der Waals surface area (Å²) in [6.07, 6.45) is 2.98. The molecular formula is C8H14ClF2NO2S. The highest BCUT2D eigenvalue weighted by atomic mass is 35.5. The first-order valence-corrected chi connectivity index (χ1v) is 6.70. The Morgan fingerprint density at radius 2 is 1.87 bits per heavy atom. The van der Waals surface area contributed by atoms with Gasteiger partial charge in [0.05, 0.1) is 5.38 Å². The SMILES string of the molecule is CN(C1CCCCC1Cl)S(=O)(=O)C(F)F. The Kier molecular flexibility index (Phi) is 4.31. The van der Waals surface area contributed by atoms with Gasteiger partial charge >= 0.3 is 5.76 Å². The molecule has 1 aliphatic rings. The van der Waals surface area contributed by atoms with E-state index in [4.69, 9.17) is 11.6 Å². The molecule has 0 amide bonds. The maximum atomic E-state index is 12.3. The third kappa shape index (κ3) is 2.79. The largest absolute Gasteiger partial charge is 0.350 e. The molecule has 0 saturated heterocycles. The monoisotopic (exact) mass is 261 g/mol. The van der Waals surface area contributed by atoms with Gasteiger partial charge in [-0.3, -0.25) is 0 Å². The topological polar surface area (TPSA) is 37.4 Å². The Morgan fingerprint density at radius 1 is 1.33 bits per heavy atom. The summed E-state index contributed by atoms with van der Waals surface area (Å²) in [7, 11) is -3.32. The number of hydrogen-bond donors (Lipinski definition) is 0. The van der Waals surface area contributed by atoms with E-state index >= 15 is 0 Å². The molecule has 1 rings (SSSR count). The van der Waals surface area contributed by atoms with Crippen LogP contribution in [0.2, 0.25) is 0 Å². The van der Waals surface area contributed by atoms with Crippen LogP contribution < -0.4 is 0 Å². The molecule has 0 aliphatic heterocycles. The Hall–Kier alpha value is 0.0600. The van der Waals surface area contributed by atoms with Gasteiger partial charge in [0.1, 0.15) is 0 Å². The fraction of sp³-hybridized carbons (Fsp3) is 1.00. The third-order valence-electron chi connectivity index (χ3n) is 2.74. The molecule has 0 N–H and O–H groups in total. The zero-order valence-corrected chi connectivity index (χ0v) is 9.94. The normalized spacial score (nSPS) is 28.7. The van der Waals surface area contributed by atoms with Crippen molar-refractivity contribution in [2.75, 3.05) is 7.05 Å². The van der Waals surface area contributed by atoms with Gasteiger partial charge in [-0.15, -0.1) is 11.6 Å². The molecule has 0 aromatic rings. The molecule has 0 aromatic carbocycles. The summed E-state index contributed by atoms with van der Waals surface area (Å²) in [5.41, 5.74) is 0. The number of sulfonamides is 1. The summed E-state index contributed by atoms with van der Waals surface area (Å²) in [5, 5.41) is -0.364. The van der Waals surface area contributed by atoms with Crippen molar-refractivity contribution < 1.29 is 17.2 Å². The van der Waals surface area contributed by atoms with Gasteiger partial charge in [0.25, 0.3) is 10.0 Å². The second kappa shape index (κ2) is 4.93. The van der Waals surface area contributed by atoms with Gasteiger partial charge in [-0.25, -0.2) is 8.42 Å². The van der Waals surface area contributed by atoms with Crippen LogP contribution in [0, 0.1) is 0 Å². The fourth-order valence-corrected chi connectivity index (χ4v) is 3.19. The van der Waals surface area contributed by atoms with E-state index in [0.29, 0.717) is 12.8 Å². The molecule has 90 valence electrons. The highest BCUT2D eigenvalue weighted by Crippen LogP contribution is 2.29. The summed E-state index contributed by atoms with van der Waals surface area (Å²) in [4.78, 5) is 0. The molecule has 2 unspecified atom stereocenters. The molecule has 15 heavy (non-hydrogen) atoms. The van der Waals surface area contributed by atoms with Gasteiger partial charge in [-0.2, -0.15) is 13.1 Å². The van der Waals surface area contributed by atoms with Crippen molar-refractivity contribution in [3.05, 3.63) is 0 Å². The second-order valence-electron chi connectivity index (χ2n) is 3.69. The van der Waals surface area contributed by atoms with E-state index in [9.17, 15) is 17.2 Å². The number of nitrogens with zero attached hydrogens (tertiary/aromatic N) is 1. The second-order valence-corrected chi connectivity index (χ2v) is 6.21. The van der Waals surface area contributed by atoms with Crippen molar-refractivity contribution in [3.63, 3.8) is 0 Å². The van der Waals surface area contributed by atoms with Crippen LogP contribution in [0.3, 0.4) is 0 Å². The first kappa shape index (κ1) is 13.1. The minimum Gasteiger partial charge on any atom is -0.206 e. The molecule has 2 atom stereocenters. The summed E-state index contributed by atoms with van der Waals surface area (Å²) in [5.74, 6) is -3.37. The van der Waals surface area contributed by atoms with Crippen molar-refractivity contribution in [2.24, 2.45) is 0 Å². The Bertz CT molecular complexity index is 310. The zero-order chi connectivity index (χ0) is 11.6. The zero-order valence-electron chi connectivity index (χ0n) is 8.37. The number of rotatable bonds is 3. The standard InChI is InChI=1S/C8H14ClF2NO2S/c1-12(15(13,14)8(10)11)7-5-3-2-4-6(7)9/h6-8H,2-5H2,1H3. The smallest absolute Gasteiger partial charge is 0.206 e. The predicted octanol–water partition coefficient (Wildman–Crippen LogP) is 2.02. The lowest BCUT2D eigenvalue weighted by atomic mass is 9.95. The highest BCUT2D eigenvalue weighted by molar-refractivity contribution is 7.89. The molecule has 7 heteroatoms. The maximum absolute atomic E-state index is 12.3. The molecule has 1 saturated carbocycles. The predicted molar refractivity (Wildman–Crippen MR) is 54.6 cm³/mol. The fourth-order valence-electron chi connectivity index (χ4n) is 1.79. The van der Waals surface area contributed by atoms with E-state index in [1.165, 1.54) is 7.05 Å². The number of halogens is 3. The van der Waals surface area contributed by atoms with Crippen molar-refractivity contribution >= 4 is 21.6 Å². The van der Waals surface area contributed by atoms with E-state index in [-0.39, 0.29) is 5.38 Å². The first-order valence-electron chi connectivity index (χ1n) is 4.76. The van der Waals surface area contributed by atoms with Gasteiger partial charge in [0.2, 0.25) is 0 Å². The highest BCUT2D eigenvalue weighted by Gasteiger charge is 2.38. The van der Waals surface area contributed by atoms with E-state index in [0.717, 1.165) is 17.1 Å². The summed E-state index contributed by atoms with van der Waals surface area (Å²) in [6.45, 7) is 0. The van der Waals surface area contributed by atoms with Crippen molar-refractivity contribution in [1.29, 1.82) is 0 Å². The van der Waals surface area contributed by atoms with Crippen molar-refractivity contribution in [2.45, 2.75) is 42.9 Å². The van der Waals surface area contributed by atoms with Crippen LogP contribution in [-0.4, -0.2) is 36.9 Å². The third-order valence-corrected chi connectivity index (χ3v) is 4.77. The van der Waals surface area contributed by atoms with Crippen LogP contribution >= 0.6 is 11.6 Å². The van der Waals surface area contributed by atoms with E-state index in [1.807, 2.05) is 0 Å². The minimum atomic E-state index is -4.49. The molecule has 0 radical (unpaired) electrons. The van der Waals surface area contributed by atoms with E-state index < -0.39 is 21.8 Å². The number of hydrogen-bond acceptors (Lipinski definition) is 2. The molecule has 1 aliphatic carbocycles. The summed E-state index contributed by atoms with van der Waals surface area (Å²) < 4.78 is 47.7. The molecule has 0 bridgehead atoms. The molecular weight excluding hydrogens is 248 g/mol. The Labute approximate surface area is 93.4 Å². The molecule has 0 aromatic heterocycles. The lowest BCUT2D eigenvalue weighted by molar-refractivity contribution is 0.207. The van der Waals surface area contributed by atoms with Crippen LogP contribution in [0.25, 0.3) is 0 Å². The van der Waals surface area contributed by atoms with Crippen molar-refractivity contribution in [3.8, 4) is 0 Å². The lowest BCUT2D eigenvalue weighted by Gasteiger charge is -2.33. The average Bonchev–Trinajstić information content (AvgIpc) is 2.17. The van der Waals surface area contributed by atoms with Crippen molar-refractivity contribution in [1.82, 2.24) is 4.31 Å². The van der Waals surface area contributed by atoms with Gasteiger partial charge in [0, 0.05) is 13.1 Å². The van der Waals surface area contributed by atoms with Crippen LogP contribution in [0.1, 0.15) is 25.7 Å². The first-order chi connectivity index (χ1) is 6.87. The van der Waals surface area contributed by atoms with E-state index in [1.54, 1.807) is 0 Å². The number of alkyl halides is 3. The molecule has 0 heterocycles. The van der Waals surface area contributed by atoms with Gasteiger partial charge in [0.15, 0.2) is 0 Å². The van der Waals surface area contributed by atoms with Gasteiger partial charge in [-0.1, -0.05) is 12.8 Å². The summed E-state index contributed by atoms with van der Waals surface area (Å²) >= 11 is 5.94. The lowest BCUT2D eigenvalue weighted by Crippen LogP contribution is -2.46. The average molecular weight is 262 g/mol. The van der Waals surface area contributed by atoms with Crippen LogP contribution in [0.4, 0.5) is 8.78 Å². The Morgan fingerprint density at radius 3 is 2.33 bits per heavy atom. The van der Waals surface area contributed by atoms with Crippen LogP contribution in [-0.2, 0) is 10.0 Å². The van der Waals surface area contributed by atoms with Gasteiger partial charge in [-0.05, 0) is 12.8 Å². The molecule has 3 nitrogen and oxygen atoms in total. The molecule has 1 fully saturated rings. The summed E-state index contributed by atoms with van der Waals surface area (Å²) in [6, 6.07) is -0.501. The minimum absolute atomic E-state index is 0.364. The van der Waals surface area contributed by atoms with Gasteiger partial charge < -0.3 is 0 Å². The quantitative estimate of drug-likeness (QED) is 0.729. The Balaban J connectivity index is 2.79.